The molecule has 1 fully saturated rings. The number of nitrogens with two attached hydrogens (primary N) is 1. The summed E-state index contributed by atoms with van der Waals surface area (Å²) in [5.41, 5.74) is 5.46. The van der Waals surface area contributed by atoms with Crippen molar-refractivity contribution in [3.8, 4) is 0 Å². The van der Waals surface area contributed by atoms with Crippen LogP contribution in [0.25, 0.3) is 0 Å². The number of carbonyl (C=O) groups excluding carboxylic acids is 3. The SMILES string of the molecule is CC(N)C(=O)NC(CCC(=O)O)C(=O)NC(CCC(=O)O)C(=O)N1CCCC1C(=O)O. The molecule has 0 aromatic carbocycles. The van der Waals surface area contributed by atoms with Crippen LogP contribution in [-0.2, 0) is 28.8 Å². The monoisotopic (exact) mass is 444 g/mol. The zero-order valence-corrected chi connectivity index (χ0v) is 17.1. The maximum absolute atomic E-state index is 12.9. The summed E-state index contributed by atoms with van der Waals surface area (Å²) >= 11 is 0. The third-order valence-corrected chi connectivity index (χ3v) is 4.78. The second-order valence-corrected chi connectivity index (χ2v) is 7.30. The van der Waals surface area contributed by atoms with Crippen LogP contribution in [0.15, 0.2) is 0 Å². The number of amides is 3. The molecule has 0 aliphatic carbocycles. The molecule has 1 aliphatic rings. The van der Waals surface area contributed by atoms with E-state index in [0.717, 1.165) is 4.90 Å². The van der Waals surface area contributed by atoms with Gasteiger partial charge in [-0.1, -0.05) is 0 Å². The van der Waals surface area contributed by atoms with Crippen molar-refractivity contribution in [2.45, 2.75) is 69.6 Å². The first-order valence-electron chi connectivity index (χ1n) is 9.77. The first-order valence-corrected chi connectivity index (χ1v) is 9.77. The average Bonchev–Trinajstić information content (AvgIpc) is 3.17. The molecule has 13 nitrogen and oxygen atoms in total. The van der Waals surface area contributed by atoms with Crippen molar-refractivity contribution in [2.24, 2.45) is 5.73 Å². The molecule has 31 heavy (non-hydrogen) atoms. The number of carboxylic acids is 3. The first-order chi connectivity index (χ1) is 14.4. The van der Waals surface area contributed by atoms with Crippen LogP contribution in [0.4, 0.5) is 0 Å². The molecule has 1 aliphatic heterocycles. The molecule has 174 valence electrons. The molecule has 0 aromatic rings. The minimum Gasteiger partial charge on any atom is -0.481 e. The van der Waals surface area contributed by atoms with Crippen molar-refractivity contribution >= 4 is 35.6 Å². The summed E-state index contributed by atoms with van der Waals surface area (Å²) in [6.07, 6.45) is -0.872. The minimum absolute atomic E-state index is 0.138. The van der Waals surface area contributed by atoms with Gasteiger partial charge in [-0.3, -0.25) is 24.0 Å². The van der Waals surface area contributed by atoms with Gasteiger partial charge in [0.05, 0.1) is 6.04 Å². The van der Waals surface area contributed by atoms with Gasteiger partial charge in [-0.15, -0.1) is 0 Å². The van der Waals surface area contributed by atoms with Crippen LogP contribution in [0, 0.1) is 0 Å². The van der Waals surface area contributed by atoms with E-state index in [2.05, 4.69) is 10.6 Å². The van der Waals surface area contributed by atoms with Crippen LogP contribution in [0.1, 0.15) is 45.4 Å². The van der Waals surface area contributed by atoms with Crippen LogP contribution in [-0.4, -0.2) is 86.6 Å². The van der Waals surface area contributed by atoms with Crippen molar-refractivity contribution in [3.63, 3.8) is 0 Å². The molecular weight excluding hydrogens is 416 g/mol. The molecule has 0 spiro atoms. The van der Waals surface area contributed by atoms with Gasteiger partial charge in [0.15, 0.2) is 0 Å². The molecule has 0 saturated carbocycles. The van der Waals surface area contributed by atoms with Gasteiger partial charge in [0.1, 0.15) is 18.1 Å². The summed E-state index contributed by atoms with van der Waals surface area (Å²) in [4.78, 5) is 71.8. The Labute approximate surface area is 177 Å². The number of hydrogen-bond donors (Lipinski definition) is 6. The zero-order chi connectivity index (χ0) is 23.7. The van der Waals surface area contributed by atoms with E-state index < -0.39 is 72.6 Å². The molecule has 3 amide bonds. The number of carboxylic acid groups (broad SMARTS) is 3. The van der Waals surface area contributed by atoms with Crippen molar-refractivity contribution in [1.29, 1.82) is 0 Å². The first kappa shape index (κ1) is 25.8. The molecule has 0 bridgehead atoms. The standard InChI is InChI=1S/C18H28N4O9/c1-9(19)15(27)20-10(4-6-13(23)24)16(28)21-11(5-7-14(25)26)17(29)22-8-2-3-12(22)18(30)31/h9-12H,2-8,19H2,1H3,(H,20,27)(H,21,28)(H,23,24)(H,25,26)(H,30,31). The second kappa shape index (κ2) is 11.8. The van der Waals surface area contributed by atoms with Crippen molar-refractivity contribution in [1.82, 2.24) is 15.5 Å². The lowest BCUT2D eigenvalue weighted by molar-refractivity contribution is -0.150. The van der Waals surface area contributed by atoms with Gasteiger partial charge in [0, 0.05) is 19.4 Å². The van der Waals surface area contributed by atoms with Crippen molar-refractivity contribution in [3.05, 3.63) is 0 Å². The van der Waals surface area contributed by atoms with E-state index in [-0.39, 0.29) is 25.8 Å². The van der Waals surface area contributed by atoms with Gasteiger partial charge in [-0.25, -0.2) is 4.79 Å². The van der Waals surface area contributed by atoms with Crippen LogP contribution in [0.2, 0.25) is 0 Å². The lowest BCUT2D eigenvalue weighted by atomic mass is 10.1. The Morgan fingerprint density at radius 1 is 0.935 bits per heavy atom. The molecule has 0 aromatic heterocycles. The van der Waals surface area contributed by atoms with Gasteiger partial charge >= 0.3 is 17.9 Å². The fourth-order valence-corrected chi connectivity index (χ4v) is 3.12. The molecule has 7 N–H and O–H groups in total. The molecule has 4 atom stereocenters. The molecule has 4 unspecified atom stereocenters. The highest BCUT2D eigenvalue weighted by atomic mass is 16.4. The fourth-order valence-electron chi connectivity index (χ4n) is 3.12. The molecule has 13 heteroatoms. The van der Waals surface area contributed by atoms with E-state index in [0.29, 0.717) is 6.42 Å². The van der Waals surface area contributed by atoms with Gasteiger partial charge in [0.2, 0.25) is 17.7 Å². The number of rotatable bonds is 12. The average molecular weight is 444 g/mol. The largest absolute Gasteiger partial charge is 0.481 e. The summed E-state index contributed by atoms with van der Waals surface area (Å²) in [6, 6.07) is -4.76. The smallest absolute Gasteiger partial charge is 0.326 e. The predicted octanol–water partition coefficient (Wildman–Crippen LogP) is -1.89. The second-order valence-electron chi connectivity index (χ2n) is 7.30. The number of hydrogen-bond acceptors (Lipinski definition) is 7. The number of carbonyl (C=O) groups is 6. The maximum atomic E-state index is 12.9. The summed E-state index contributed by atoms with van der Waals surface area (Å²) < 4.78 is 0. The van der Waals surface area contributed by atoms with Crippen LogP contribution < -0.4 is 16.4 Å². The molecular formula is C18H28N4O9. The van der Waals surface area contributed by atoms with Crippen molar-refractivity contribution in [2.75, 3.05) is 6.54 Å². The number of nitrogens with zero attached hydrogens (tertiary/aromatic N) is 1. The van der Waals surface area contributed by atoms with E-state index in [1.807, 2.05) is 0 Å². The molecule has 1 heterocycles. The third-order valence-electron chi connectivity index (χ3n) is 4.78. The number of aliphatic carboxylic acids is 3. The van der Waals surface area contributed by atoms with E-state index in [1.54, 1.807) is 0 Å². The predicted molar refractivity (Wildman–Crippen MR) is 104 cm³/mol. The Morgan fingerprint density at radius 3 is 1.94 bits per heavy atom. The van der Waals surface area contributed by atoms with Crippen LogP contribution >= 0.6 is 0 Å². The Hall–Kier alpha value is -3.22. The lowest BCUT2D eigenvalue weighted by Gasteiger charge is -2.28. The number of nitrogens with one attached hydrogen (secondary N) is 2. The highest BCUT2D eigenvalue weighted by Crippen LogP contribution is 2.19. The van der Waals surface area contributed by atoms with Gasteiger partial charge in [-0.2, -0.15) is 0 Å². The third kappa shape index (κ3) is 8.20. The lowest BCUT2D eigenvalue weighted by Crippen LogP contribution is -2.57. The molecule has 1 saturated heterocycles. The van der Waals surface area contributed by atoms with Crippen LogP contribution in [0.5, 0.6) is 0 Å². The Bertz CT molecular complexity index is 725. The summed E-state index contributed by atoms with van der Waals surface area (Å²) in [6.45, 7) is 1.50. The highest BCUT2D eigenvalue weighted by Gasteiger charge is 2.38. The summed E-state index contributed by atoms with van der Waals surface area (Å²) in [5, 5.41) is 31.8. The summed E-state index contributed by atoms with van der Waals surface area (Å²) in [7, 11) is 0. The van der Waals surface area contributed by atoms with E-state index in [9.17, 15) is 33.9 Å². The van der Waals surface area contributed by atoms with E-state index >= 15 is 0 Å². The van der Waals surface area contributed by atoms with Gasteiger partial charge in [0.25, 0.3) is 0 Å². The minimum atomic E-state index is -1.36. The van der Waals surface area contributed by atoms with E-state index in [1.165, 1.54) is 6.92 Å². The van der Waals surface area contributed by atoms with Crippen molar-refractivity contribution < 1.29 is 44.1 Å². The Kier molecular flexibility index (Phi) is 9.86. The molecule has 0 radical (unpaired) electrons. The number of likely N-dealkylation sites (tertiary alicyclic amines) is 1. The Morgan fingerprint density at radius 2 is 1.45 bits per heavy atom. The van der Waals surface area contributed by atoms with E-state index in [4.69, 9.17) is 15.9 Å². The highest BCUT2D eigenvalue weighted by molar-refractivity contribution is 5.94. The Balaban J connectivity index is 3.02. The molecule has 1 rings (SSSR count). The quantitative estimate of drug-likeness (QED) is 0.197. The maximum Gasteiger partial charge on any atom is 0.326 e. The fraction of sp³-hybridized carbons (Fsp3) is 0.667. The summed E-state index contributed by atoms with van der Waals surface area (Å²) in [5.74, 6) is -6.02. The van der Waals surface area contributed by atoms with Gasteiger partial charge < -0.3 is 36.6 Å². The zero-order valence-electron chi connectivity index (χ0n) is 17.1. The van der Waals surface area contributed by atoms with Crippen LogP contribution in [0.3, 0.4) is 0 Å². The van der Waals surface area contributed by atoms with Gasteiger partial charge in [-0.05, 0) is 32.6 Å². The topological polar surface area (TPSA) is 216 Å². The normalized spacial score (nSPS) is 18.5.